The molecule has 5 heteroatoms. The van der Waals surface area contributed by atoms with Gasteiger partial charge in [0.05, 0.1) is 15.4 Å². The number of amides is 1. The van der Waals surface area contributed by atoms with Gasteiger partial charge < -0.3 is 10.4 Å². The average molecular weight is 275 g/mol. The Hall–Kier alpha value is -2.16. The van der Waals surface area contributed by atoms with Crippen LogP contribution < -0.4 is 5.32 Å². The predicted molar refractivity (Wildman–Crippen MR) is 72.6 cm³/mol. The number of nitrogens with one attached hydrogen (secondary N) is 1. The standard InChI is InChI=1S/C14H10FNO2S/c15-11-5-1-2-6-12(11)16-14(18)13-8-7-10(19-13)4-3-9-17/h1-2,5-8,17H,9H2,(H,16,18). The van der Waals surface area contributed by atoms with Crippen LogP contribution in [0.5, 0.6) is 0 Å². The van der Waals surface area contributed by atoms with E-state index in [0.29, 0.717) is 9.75 Å². The lowest BCUT2D eigenvalue weighted by Crippen LogP contribution is -2.11. The zero-order valence-electron chi connectivity index (χ0n) is 9.81. The number of hydrogen-bond donors (Lipinski definition) is 2. The number of carbonyl (C=O) groups is 1. The lowest BCUT2D eigenvalue weighted by molar-refractivity contribution is 0.103. The third-order valence-corrected chi connectivity index (χ3v) is 3.24. The summed E-state index contributed by atoms with van der Waals surface area (Å²) in [5.74, 6) is 4.35. The first-order valence-corrected chi connectivity index (χ1v) is 6.28. The van der Waals surface area contributed by atoms with Gasteiger partial charge in [-0.1, -0.05) is 24.0 Å². The fourth-order valence-electron chi connectivity index (χ4n) is 1.40. The summed E-state index contributed by atoms with van der Waals surface area (Å²) < 4.78 is 13.4. The molecule has 0 unspecified atom stereocenters. The number of aliphatic hydroxyl groups is 1. The topological polar surface area (TPSA) is 49.3 Å². The second-order valence-corrected chi connectivity index (χ2v) is 4.64. The van der Waals surface area contributed by atoms with Gasteiger partial charge in [0.2, 0.25) is 0 Å². The number of rotatable bonds is 2. The molecule has 1 aromatic heterocycles. The molecule has 2 rings (SSSR count). The Morgan fingerprint density at radius 3 is 2.84 bits per heavy atom. The Balaban J connectivity index is 2.12. The van der Waals surface area contributed by atoms with E-state index in [1.807, 2.05) is 0 Å². The summed E-state index contributed by atoms with van der Waals surface area (Å²) in [5.41, 5.74) is 0.142. The largest absolute Gasteiger partial charge is 0.384 e. The summed E-state index contributed by atoms with van der Waals surface area (Å²) >= 11 is 1.19. The molecule has 2 N–H and O–H groups in total. The van der Waals surface area contributed by atoms with Crippen molar-refractivity contribution in [2.45, 2.75) is 0 Å². The molecule has 1 aromatic carbocycles. The van der Waals surface area contributed by atoms with E-state index in [1.165, 1.54) is 23.5 Å². The third kappa shape index (κ3) is 3.41. The van der Waals surface area contributed by atoms with Crippen molar-refractivity contribution < 1.29 is 14.3 Å². The second kappa shape index (κ2) is 6.14. The van der Waals surface area contributed by atoms with E-state index in [4.69, 9.17) is 5.11 Å². The van der Waals surface area contributed by atoms with Crippen LogP contribution in [0.15, 0.2) is 36.4 Å². The Morgan fingerprint density at radius 1 is 1.32 bits per heavy atom. The van der Waals surface area contributed by atoms with Crippen LogP contribution in [0.1, 0.15) is 14.5 Å². The molecule has 0 fully saturated rings. The summed E-state index contributed by atoms with van der Waals surface area (Å²) in [7, 11) is 0. The van der Waals surface area contributed by atoms with E-state index in [2.05, 4.69) is 17.2 Å². The van der Waals surface area contributed by atoms with Crippen LogP contribution in [0.3, 0.4) is 0 Å². The number of anilines is 1. The summed E-state index contributed by atoms with van der Waals surface area (Å²) in [5, 5.41) is 11.1. The fraction of sp³-hybridized carbons (Fsp3) is 0.0714. The minimum Gasteiger partial charge on any atom is -0.384 e. The van der Waals surface area contributed by atoms with Crippen molar-refractivity contribution in [3.05, 3.63) is 52.0 Å². The maximum Gasteiger partial charge on any atom is 0.265 e. The highest BCUT2D eigenvalue weighted by molar-refractivity contribution is 7.14. The van der Waals surface area contributed by atoms with Crippen molar-refractivity contribution in [2.75, 3.05) is 11.9 Å². The highest BCUT2D eigenvalue weighted by Gasteiger charge is 2.10. The molecule has 0 saturated carbocycles. The number of hydrogen-bond acceptors (Lipinski definition) is 3. The number of halogens is 1. The van der Waals surface area contributed by atoms with E-state index in [1.54, 1.807) is 24.3 Å². The van der Waals surface area contributed by atoms with Crippen molar-refractivity contribution in [1.29, 1.82) is 0 Å². The summed E-state index contributed by atoms with van der Waals surface area (Å²) in [6.07, 6.45) is 0. The van der Waals surface area contributed by atoms with Crippen LogP contribution in [0.4, 0.5) is 10.1 Å². The van der Waals surface area contributed by atoms with Crippen molar-refractivity contribution in [3.63, 3.8) is 0 Å². The number of carbonyl (C=O) groups excluding carboxylic acids is 1. The number of aliphatic hydroxyl groups excluding tert-OH is 1. The molecular weight excluding hydrogens is 265 g/mol. The Labute approximate surface area is 113 Å². The van der Waals surface area contributed by atoms with Gasteiger partial charge in [-0.3, -0.25) is 4.79 Å². The van der Waals surface area contributed by atoms with E-state index >= 15 is 0 Å². The Bertz CT molecular complexity index is 655. The van der Waals surface area contributed by atoms with E-state index in [9.17, 15) is 9.18 Å². The van der Waals surface area contributed by atoms with Crippen LogP contribution in [0, 0.1) is 17.7 Å². The normalized spacial score (nSPS) is 9.58. The minimum atomic E-state index is -0.479. The lowest BCUT2D eigenvalue weighted by atomic mass is 10.3. The quantitative estimate of drug-likeness (QED) is 0.827. The second-order valence-electron chi connectivity index (χ2n) is 3.56. The SMILES string of the molecule is O=C(Nc1ccccc1F)c1ccc(C#CCO)s1. The molecule has 0 saturated heterocycles. The van der Waals surface area contributed by atoms with Gasteiger partial charge in [0.25, 0.3) is 5.91 Å². The van der Waals surface area contributed by atoms with Crippen LogP contribution in [-0.2, 0) is 0 Å². The third-order valence-electron chi connectivity index (χ3n) is 2.24. The molecule has 3 nitrogen and oxygen atoms in total. The van der Waals surface area contributed by atoms with Gasteiger partial charge >= 0.3 is 0 Å². The van der Waals surface area contributed by atoms with Gasteiger partial charge in [0.15, 0.2) is 0 Å². The first kappa shape index (κ1) is 13.3. The van der Waals surface area contributed by atoms with Gasteiger partial charge in [-0.25, -0.2) is 4.39 Å². The van der Waals surface area contributed by atoms with Crippen LogP contribution >= 0.6 is 11.3 Å². The zero-order valence-corrected chi connectivity index (χ0v) is 10.6. The van der Waals surface area contributed by atoms with Gasteiger partial charge in [-0.2, -0.15) is 0 Å². The number of para-hydroxylation sites is 1. The molecule has 0 aliphatic carbocycles. The molecule has 2 aromatic rings. The molecule has 0 aliphatic heterocycles. The molecular formula is C14H10FNO2S. The minimum absolute atomic E-state index is 0.142. The Kier molecular flexibility index (Phi) is 4.29. The van der Waals surface area contributed by atoms with Crippen molar-refractivity contribution in [2.24, 2.45) is 0 Å². The molecule has 1 heterocycles. The molecule has 0 aliphatic rings. The van der Waals surface area contributed by atoms with E-state index in [0.717, 1.165) is 0 Å². The van der Waals surface area contributed by atoms with Crippen LogP contribution in [0.25, 0.3) is 0 Å². The molecule has 0 bridgehead atoms. The maximum absolute atomic E-state index is 13.4. The molecule has 0 spiro atoms. The first-order chi connectivity index (χ1) is 9.20. The molecule has 96 valence electrons. The van der Waals surface area contributed by atoms with Crippen molar-refractivity contribution in [1.82, 2.24) is 0 Å². The van der Waals surface area contributed by atoms with Crippen molar-refractivity contribution in [3.8, 4) is 11.8 Å². The summed E-state index contributed by atoms with van der Waals surface area (Å²) in [6, 6.07) is 9.27. The van der Waals surface area contributed by atoms with E-state index in [-0.39, 0.29) is 18.2 Å². The number of thiophene rings is 1. The van der Waals surface area contributed by atoms with Crippen LogP contribution in [0.2, 0.25) is 0 Å². The Morgan fingerprint density at radius 2 is 2.11 bits per heavy atom. The van der Waals surface area contributed by atoms with Crippen molar-refractivity contribution >= 4 is 22.9 Å². The first-order valence-electron chi connectivity index (χ1n) is 5.46. The highest BCUT2D eigenvalue weighted by atomic mass is 32.1. The molecule has 19 heavy (non-hydrogen) atoms. The monoisotopic (exact) mass is 275 g/mol. The maximum atomic E-state index is 13.4. The van der Waals surface area contributed by atoms with Gasteiger partial charge in [0, 0.05) is 0 Å². The van der Waals surface area contributed by atoms with E-state index < -0.39 is 5.82 Å². The fourth-order valence-corrected chi connectivity index (χ4v) is 2.18. The summed E-state index contributed by atoms with van der Waals surface area (Å²) in [6.45, 7) is -0.228. The summed E-state index contributed by atoms with van der Waals surface area (Å²) in [4.78, 5) is 13.0. The smallest absolute Gasteiger partial charge is 0.265 e. The molecule has 0 atom stereocenters. The average Bonchev–Trinajstić information content (AvgIpc) is 2.88. The lowest BCUT2D eigenvalue weighted by Gasteiger charge is -2.03. The number of benzene rings is 1. The zero-order chi connectivity index (χ0) is 13.7. The van der Waals surface area contributed by atoms with Crippen LogP contribution in [-0.4, -0.2) is 17.6 Å². The highest BCUT2D eigenvalue weighted by Crippen LogP contribution is 2.19. The van der Waals surface area contributed by atoms with Gasteiger partial charge in [-0.15, -0.1) is 11.3 Å². The molecule has 1 amide bonds. The van der Waals surface area contributed by atoms with Gasteiger partial charge in [0.1, 0.15) is 12.4 Å². The predicted octanol–water partition coefficient (Wildman–Crippen LogP) is 2.48. The molecule has 0 radical (unpaired) electrons. The van der Waals surface area contributed by atoms with Gasteiger partial charge in [-0.05, 0) is 24.3 Å².